The first-order valence-corrected chi connectivity index (χ1v) is 8.48. The van der Waals surface area contributed by atoms with Gasteiger partial charge in [0.05, 0.1) is 17.8 Å². The van der Waals surface area contributed by atoms with Crippen LogP contribution in [0.5, 0.6) is 0 Å². The van der Waals surface area contributed by atoms with Crippen molar-refractivity contribution < 1.29 is 4.79 Å². The van der Waals surface area contributed by atoms with E-state index in [2.05, 4.69) is 17.3 Å². The first-order chi connectivity index (χ1) is 11.0. The molecule has 0 saturated heterocycles. The highest BCUT2D eigenvalue weighted by Crippen LogP contribution is 2.19. The minimum atomic E-state index is -0.0403. The zero-order chi connectivity index (χ0) is 16.8. The van der Waals surface area contributed by atoms with Gasteiger partial charge in [-0.2, -0.15) is 5.10 Å². The lowest BCUT2D eigenvalue weighted by Gasteiger charge is -2.08. The molecule has 0 atom stereocenters. The summed E-state index contributed by atoms with van der Waals surface area (Å²) in [5.41, 5.74) is 3.29. The van der Waals surface area contributed by atoms with Gasteiger partial charge in [0.25, 0.3) is 5.91 Å². The highest BCUT2D eigenvalue weighted by Gasteiger charge is 2.18. The van der Waals surface area contributed by atoms with E-state index in [0.717, 1.165) is 36.2 Å². The van der Waals surface area contributed by atoms with Gasteiger partial charge >= 0.3 is 0 Å². The highest BCUT2D eigenvalue weighted by atomic mass is 35.5. The minimum Gasteiger partial charge on any atom is -0.352 e. The zero-order valence-corrected chi connectivity index (χ0v) is 14.8. The molecule has 124 valence electrons. The van der Waals surface area contributed by atoms with E-state index < -0.39 is 0 Å². The van der Waals surface area contributed by atoms with Crippen LogP contribution in [0.15, 0.2) is 24.3 Å². The Balaban J connectivity index is 2.13. The summed E-state index contributed by atoms with van der Waals surface area (Å²) in [6, 6.07) is 7.70. The molecule has 5 heteroatoms. The molecule has 0 spiro atoms. The van der Waals surface area contributed by atoms with Crippen LogP contribution in [0, 0.1) is 13.8 Å². The number of carbonyl (C=O) groups is 1. The third-order valence-electron chi connectivity index (χ3n) is 3.95. The molecule has 1 heterocycles. The van der Waals surface area contributed by atoms with Gasteiger partial charge in [0, 0.05) is 17.3 Å². The normalized spacial score (nSPS) is 10.8. The number of unbranched alkanes of at least 4 members (excludes halogenated alkanes) is 2. The summed E-state index contributed by atoms with van der Waals surface area (Å²) in [4.78, 5) is 12.4. The molecule has 2 rings (SSSR count). The second-order valence-electron chi connectivity index (χ2n) is 5.76. The Morgan fingerprint density at radius 2 is 2.00 bits per heavy atom. The number of nitrogens with one attached hydrogen (secondary N) is 1. The van der Waals surface area contributed by atoms with Crippen LogP contribution in [0.3, 0.4) is 0 Å². The molecule has 0 radical (unpaired) electrons. The molecule has 4 nitrogen and oxygen atoms in total. The van der Waals surface area contributed by atoms with E-state index in [4.69, 9.17) is 11.6 Å². The topological polar surface area (TPSA) is 46.9 Å². The molecule has 0 bridgehead atoms. The molecule has 0 fully saturated rings. The van der Waals surface area contributed by atoms with Crippen molar-refractivity contribution in [1.82, 2.24) is 15.1 Å². The average Bonchev–Trinajstić information content (AvgIpc) is 2.80. The Morgan fingerprint density at radius 1 is 1.26 bits per heavy atom. The van der Waals surface area contributed by atoms with Crippen molar-refractivity contribution in [1.29, 1.82) is 0 Å². The fourth-order valence-electron chi connectivity index (χ4n) is 2.63. The van der Waals surface area contributed by atoms with Gasteiger partial charge in [-0.1, -0.05) is 49.6 Å². The number of hydrogen-bond donors (Lipinski definition) is 1. The summed E-state index contributed by atoms with van der Waals surface area (Å²) < 4.78 is 1.84. The van der Waals surface area contributed by atoms with Crippen LogP contribution >= 0.6 is 11.6 Å². The first-order valence-electron chi connectivity index (χ1n) is 8.10. The second-order valence-corrected chi connectivity index (χ2v) is 6.17. The third-order valence-corrected chi connectivity index (χ3v) is 4.32. The highest BCUT2D eigenvalue weighted by molar-refractivity contribution is 6.31. The van der Waals surface area contributed by atoms with E-state index in [0.29, 0.717) is 23.7 Å². The van der Waals surface area contributed by atoms with Crippen molar-refractivity contribution in [3.8, 4) is 0 Å². The third kappa shape index (κ3) is 4.35. The van der Waals surface area contributed by atoms with E-state index in [1.807, 2.05) is 42.8 Å². The molecule has 0 aliphatic heterocycles. The fraction of sp³-hybridized carbons (Fsp3) is 0.444. The van der Waals surface area contributed by atoms with Gasteiger partial charge in [0.2, 0.25) is 0 Å². The van der Waals surface area contributed by atoms with Crippen molar-refractivity contribution in [3.63, 3.8) is 0 Å². The number of nitrogens with zero attached hydrogens (tertiary/aromatic N) is 2. The second kappa shape index (κ2) is 8.16. The molecule has 0 aliphatic rings. The Labute approximate surface area is 142 Å². The van der Waals surface area contributed by atoms with Crippen LogP contribution < -0.4 is 5.32 Å². The molecule has 23 heavy (non-hydrogen) atoms. The van der Waals surface area contributed by atoms with Crippen molar-refractivity contribution >= 4 is 17.5 Å². The Hall–Kier alpha value is -1.81. The monoisotopic (exact) mass is 333 g/mol. The van der Waals surface area contributed by atoms with E-state index in [1.165, 1.54) is 0 Å². The van der Waals surface area contributed by atoms with Gasteiger partial charge in [-0.15, -0.1) is 0 Å². The number of aromatic nitrogens is 2. The predicted molar refractivity (Wildman–Crippen MR) is 94.1 cm³/mol. The maximum absolute atomic E-state index is 12.4. The van der Waals surface area contributed by atoms with Gasteiger partial charge in [-0.25, -0.2) is 0 Å². The summed E-state index contributed by atoms with van der Waals surface area (Å²) in [6.45, 7) is 7.22. The fourth-order valence-corrected chi connectivity index (χ4v) is 2.83. The van der Waals surface area contributed by atoms with E-state index in [-0.39, 0.29) is 5.91 Å². The van der Waals surface area contributed by atoms with Crippen LogP contribution in [-0.4, -0.2) is 22.2 Å². The summed E-state index contributed by atoms with van der Waals surface area (Å²) in [5, 5.41) is 8.21. The number of halogens is 1. The van der Waals surface area contributed by atoms with Gasteiger partial charge < -0.3 is 5.32 Å². The number of rotatable bonds is 7. The van der Waals surface area contributed by atoms with E-state index >= 15 is 0 Å². The number of hydrogen-bond acceptors (Lipinski definition) is 2. The molecule has 0 saturated carbocycles. The molecule has 1 amide bonds. The maximum Gasteiger partial charge on any atom is 0.255 e. The number of carbonyl (C=O) groups excluding carboxylic acids is 1. The lowest BCUT2D eigenvalue weighted by atomic mass is 10.1. The van der Waals surface area contributed by atoms with Crippen molar-refractivity contribution in [2.24, 2.45) is 0 Å². The minimum absolute atomic E-state index is 0.0403. The van der Waals surface area contributed by atoms with Crippen LogP contribution in [0.25, 0.3) is 0 Å². The Kier molecular flexibility index (Phi) is 6.22. The van der Waals surface area contributed by atoms with Gasteiger partial charge in [0.1, 0.15) is 0 Å². The molecule has 1 N–H and O–H groups in total. The molecule has 0 unspecified atom stereocenters. The van der Waals surface area contributed by atoms with Crippen molar-refractivity contribution in [2.75, 3.05) is 6.54 Å². The lowest BCUT2D eigenvalue weighted by Crippen LogP contribution is -2.25. The van der Waals surface area contributed by atoms with Crippen LogP contribution in [-0.2, 0) is 6.54 Å². The standard InChI is InChI=1S/C18H24ClN3O/c1-4-5-8-11-20-18(23)17-13(2)21-22(14(17)3)12-15-9-6-7-10-16(15)19/h6-7,9-10H,4-5,8,11-12H2,1-3H3,(H,20,23). The first kappa shape index (κ1) is 17.5. The number of amides is 1. The van der Waals surface area contributed by atoms with Gasteiger partial charge in [0.15, 0.2) is 0 Å². The maximum atomic E-state index is 12.4. The lowest BCUT2D eigenvalue weighted by molar-refractivity contribution is 0.0951. The molecular formula is C18H24ClN3O. The quantitative estimate of drug-likeness (QED) is 0.775. The largest absolute Gasteiger partial charge is 0.352 e. The van der Waals surface area contributed by atoms with Crippen molar-refractivity contribution in [2.45, 2.75) is 46.6 Å². The van der Waals surface area contributed by atoms with E-state index in [1.54, 1.807) is 0 Å². The summed E-state index contributed by atoms with van der Waals surface area (Å²) in [5.74, 6) is -0.0403. The average molecular weight is 334 g/mol. The Morgan fingerprint density at radius 3 is 2.70 bits per heavy atom. The molecule has 1 aromatic carbocycles. The van der Waals surface area contributed by atoms with Crippen LogP contribution in [0.1, 0.15) is 53.5 Å². The molecule has 2 aromatic rings. The molecule has 0 aliphatic carbocycles. The SMILES string of the molecule is CCCCCNC(=O)c1c(C)nn(Cc2ccccc2Cl)c1C. The Bertz CT molecular complexity index is 679. The molecular weight excluding hydrogens is 310 g/mol. The summed E-state index contributed by atoms with van der Waals surface area (Å²) >= 11 is 6.21. The van der Waals surface area contributed by atoms with Gasteiger partial charge in [-0.05, 0) is 31.9 Å². The zero-order valence-electron chi connectivity index (χ0n) is 14.0. The van der Waals surface area contributed by atoms with Crippen LogP contribution in [0.4, 0.5) is 0 Å². The molecule has 1 aromatic heterocycles. The van der Waals surface area contributed by atoms with Crippen LogP contribution in [0.2, 0.25) is 5.02 Å². The predicted octanol–water partition coefficient (Wildman–Crippen LogP) is 4.12. The smallest absolute Gasteiger partial charge is 0.255 e. The van der Waals surface area contributed by atoms with Gasteiger partial charge in [-0.3, -0.25) is 9.48 Å². The van der Waals surface area contributed by atoms with Crippen molar-refractivity contribution in [3.05, 3.63) is 51.8 Å². The summed E-state index contributed by atoms with van der Waals surface area (Å²) in [7, 11) is 0. The number of aryl methyl sites for hydroxylation is 1. The summed E-state index contributed by atoms with van der Waals surface area (Å²) in [6.07, 6.45) is 3.28. The number of benzene rings is 1. The van der Waals surface area contributed by atoms with E-state index in [9.17, 15) is 4.79 Å².